The molecule has 0 N–H and O–H groups in total. The van der Waals surface area contributed by atoms with E-state index in [9.17, 15) is 4.79 Å². The molecule has 0 bridgehead atoms. The smallest absolute Gasteiger partial charge is 0.231 e. The van der Waals surface area contributed by atoms with Crippen molar-refractivity contribution in [2.24, 2.45) is 0 Å². The molecule has 1 unspecified atom stereocenters. The van der Waals surface area contributed by atoms with Gasteiger partial charge in [0, 0.05) is 18.0 Å². The number of likely N-dealkylation sites (tertiary alicyclic amines) is 1. The third-order valence-corrected chi connectivity index (χ3v) is 5.95. The zero-order valence-electron chi connectivity index (χ0n) is 13.1. The highest BCUT2D eigenvalue weighted by Crippen LogP contribution is 2.29. The van der Waals surface area contributed by atoms with Crippen molar-refractivity contribution in [3.05, 3.63) is 45.8 Å². The van der Waals surface area contributed by atoms with E-state index in [4.69, 9.17) is 4.52 Å². The Labute approximate surface area is 147 Å². The van der Waals surface area contributed by atoms with E-state index in [0.29, 0.717) is 24.7 Å². The number of aromatic nitrogens is 2. The fourth-order valence-corrected chi connectivity index (χ4v) is 4.33. The van der Waals surface area contributed by atoms with Crippen molar-refractivity contribution >= 4 is 28.6 Å². The van der Waals surface area contributed by atoms with Gasteiger partial charge in [0.25, 0.3) is 0 Å². The number of rotatable bonds is 4. The molecule has 1 saturated heterocycles. The van der Waals surface area contributed by atoms with Crippen LogP contribution in [-0.4, -0.2) is 34.0 Å². The van der Waals surface area contributed by atoms with Gasteiger partial charge in [-0.25, -0.2) is 0 Å². The lowest BCUT2D eigenvalue weighted by atomic mass is 9.97. The predicted octanol–water partition coefficient (Wildman–Crippen LogP) is 3.81. The first-order chi connectivity index (χ1) is 11.8. The standard InChI is InChI=1S/C17H17N3O2S2/c21-15(10-13-5-2-8-23-13)20-7-1-4-12(11-20)17-18-16(19-22-17)14-6-3-9-24-14/h2-3,5-6,8-9,12H,1,4,7,10-11H2. The molecule has 7 heteroatoms. The zero-order chi connectivity index (χ0) is 16.4. The lowest BCUT2D eigenvalue weighted by Gasteiger charge is -2.31. The summed E-state index contributed by atoms with van der Waals surface area (Å²) < 4.78 is 5.47. The highest BCUT2D eigenvalue weighted by molar-refractivity contribution is 7.13. The molecule has 0 aromatic carbocycles. The Morgan fingerprint density at radius 3 is 2.96 bits per heavy atom. The number of hydrogen-bond acceptors (Lipinski definition) is 6. The zero-order valence-corrected chi connectivity index (χ0v) is 14.7. The molecule has 1 fully saturated rings. The Kier molecular flexibility index (Phi) is 4.44. The summed E-state index contributed by atoms with van der Waals surface area (Å²) in [6.07, 6.45) is 2.43. The Bertz CT molecular complexity index is 796. The molecule has 5 nitrogen and oxygen atoms in total. The second kappa shape index (κ2) is 6.86. The van der Waals surface area contributed by atoms with Gasteiger partial charge >= 0.3 is 0 Å². The molecule has 1 amide bonds. The first-order valence-electron chi connectivity index (χ1n) is 7.97. The Morgan fingerprint density at radius 1 is 1.29 bits per heavy atom. The Morgan fingerprint density at radius 2 is 2.17 bits per heavy atom. The van der Waals surface area contributed by atoms with Gasteiger partial charge in [0.2, 0.25) is 17.6 Å². The second-order valence-corrected chi connectivity index (χ2v) is 7.85. The molecule has 0 spiro atoms. The number of hydrogen-bond donors (Lipinski definition) is 0. The molecule has 1 aliphatic rings. The van der Waals surface area contributed by atoms with Crippen molar-refractivity contribution in [3.63, 3.8) is 0 Å². The third-order valence-electron chi connectivity index (χ3n) is 4.21. The molecule has 4 heterocycles. The van der Waals surface area contributed by atoms with Crippen molar-refractivity contribution in [1.29, 1.82) is 0 Å². The first-order valence-corrected chi connectivity index (χ1v) is 9.73. The largest absolute Gasteiger partial charge is 0.342 e. The van der Waals surface area contributed by atoms with Crippen LogP contribution in [0.5, 0.6) is 0 Å². The number of thiophene rings is 2. The number of carbonyl (C=O) groups excluding carboxylic acids is 1. The van der Waals surface area contributed by atoms with Crippen LogP contribution in [-0.2, 0) is 11.2 Å². The summed E-state index contributed by atoms with van der Waals surface area (Å²) in [6, 6.07) is 7.95. The summed E-state index contributed by atoms with van der Waals surface area (Å²) in [5, 5.41) is 8.09. The van der Waals surface area contributed by atoms with Crippen molar-refractivity contribution in [3.8, 4) is 10.7 Å². The highest BCUT2D eigenvalue weighted by atomic mass is 32.1. The highest BCUT2D eigenvalue weighted by Gasteiger charge is 2.28. The van der Waals surface area contributed by atoms with Gasteiger partial charge in [0.15, 0.2) is 0 Å². The summed E-state index contributed by atoms with van der Waals surface area (Å²) >= 11 is 3.22. The molecule has 1 atom stereocenters. The maximum Gasteiger partial charge on any atom is 0.231 e. The number of amides is 1. The van der Waals surface area contributed by atoms with E-state index in [-0.39, 0.29) is 11.8 Å². The monoisotopic (exact) mass is 359 g/mol. The van der Waals surface area contributed by atoms with Gasteiger partial charge in [-0.05, 0) is 35.7 Å². The minimum absolute atomic E-state index is 0.132. The van der Waals surface area contributed by atoms with Gasteiger partial charge in [-0.15, -0.1) is 22.7 Å². The fourth-order valence-electron chi connectivity index (χ4n) is 2.99. The molecule has 1 aliphatic heterocycles. The van der Waals surface area contributed by atoms with Crippen LogP contribution >= 0.6 is 22.7 Å². The topological polar surface area (TPSA) is 59.2 Å². The van der Waals surface area contributed by atoms with Crippen LogP contribution in [0.4, 0.5) is 0 Å². The average molecular weight is 359 g/mol. The SMILES string of the molecule is O=C(Cc1cccs1)N1CCCC(c2nc(-c3cccs3)no2)C1. The van der Waals surface area contributed by atoms with Crippen LogP contribution in [0.15, 0.2) is 39.5 Å². The Balaban J connectivity index is 1.44. The van der Waals surface area contributed by atoms with Gasteiger partial charge in [0.05, 0.1) is 17.2 Å². The summed E-state index contributed by atoms with van der Waals surface area (Å²) in [7, 11) is 0. The van der Waals surface area contributed by atoms with E-state index in [1.54, 1.807) is 22.7 Å². The van der Waals surface area contributed by atoms with E-state index >= 15 is 0 Å². The second-order valence-electron chi connectivity index (χ2n) is 5.87. The Hall–Kier alpha value is -1.99. The van der Waals surface area contributed by atoms with Crippen LogP contribution in [0.1, 0.15) is 29.5 Å². The van der Waals surface area contributed by atoms with Gasteiger partial charge in [0.1, 0.15) is 0 Å². The molecular weight excluding hydrogens is 342 g/mol. The number of piperidine rings is 1. The van der Waals surface area contributed by atoms with E-state index in [1.807, 2.05) is 39.9 Å². The van der Waals surface area contributed by atoms with Crippen LogP contribution in [0, 0.1) is 0 Å². The van der Waals surface area contributed by atoms with E-state index < -0.39 is 0 Å². The summed E-state index contributed by atoms with van der Waals surface area (Å²) in [5.41, 5.74) is 0. The fraction of sp³-hybridized carbons (Fsp3) is 0.353. The van der Waals surface area contributed by atoms with Crippen molar-refractivity contribution in [2.75, 3.05) is 13.1 Å². The van der Waals surface area contributed by atoms with Crippen molar-refractivity contribution in [2.45, 2.75) is 25.2 Å². The van der Waals surface area contributed by atoms with Gasteiger partial charge in [-0.3, -0.25) is 4.79 Å². The van der Waals surface area contributed by atoms with Crippen molar-refractivity contribution < 1.29 is 9.32 Å². The minimum Gasteiger partial charge on any atom is -0.342 e. The molecule has 0 aliphatic carbocycles. The molecule has 4 rings (SSSR count). The molecule has 0 saturated carbocycles. The lowest BCUT2D eigenvalue weighted by molar-refractivity contribution is -0.131. The van der Waals surface area contributed by atoms with Crippen LogP contribution in [0.3, 0.4) is 0 Å². The summed E-state index contributed by atoms with van der Waals surface area (Å²) in [5.74, 6) is 1.60. The third kappa shape index (κ3) is 3.27. The van der Waals surface area contributed by atoms with Crippen LogP contribution < -0.4 is 0 Å². The molecule has 24 heavy (non-hydrogen) atoms. The number of nitrogens with zero attached hydrogens (tertiary/aromatic N) is 3. The van der Waals surface area contributed by atoms with Gasteiger partial charge in [-0.2, -0.15) is 4.98 Å². The lowest BCUT2D eigenvalue weighted by Crippen LogP contribution is -2.39. The molecule has 3 aromatic rings. The quantitative estimate of drug-likeness (QED) is 0.711. The van der Waals surface area contributed by atoms with Gasteiger partial charge < -0.3 is 9.42 Å². The molecule has 3 aromatic heterocycles. The number of carbonyl (C=O) groups is 1. The molecular formula is C17H17N3O2S2. The van der Waals surface area contributed by atoms with E-state index in [0.717, 1.165) is 29.1 Å². The average Bonchev–Trinajstić information content (AvgIpc) is 3.36. The van der Waals surface area contributed by atoms with E-state index in [2.05, 4.69) is 10.1 Å². The van der Waals surface area contributed by atoms with Crippen molar-refractivity contribution in [1.82, 2.24) is 15.0 Å². The predicted molar refractivity (Wildman–Crippen MR) is 94.2 cm³/mol. The maximum absolute atomic E-state index is 12.5. The van der Waals surface area contributed by atoms with Crippen LogP contribution in [0.25, 0.3) is 10.7 Å². The summed E-state index contributed by atoms with van der Waals surface area (Å²) in [6.45, 7) is 1.48. The molecule has 124 valence electrons. The van der Waals surface area contributed by atoms with E-state index in [1.165, 1.54) is 0 Å². The van der Waals surface area contributed by atoms with Gasteiger partial charge in [-0.1, -0.05) is 17.3 Å². The van der Waals surface area contributed by atoms with Crippen LogP contribution in [0.2, 0.25) is 0 Å². The molecule has 0 radical (unpaired) electrons. The first kappa shape index (κ1) is 15.5. The minimum atomic E-state index is 0.132. The maximum atomic E-state index is 12.5. The summed E-state index contributed by atoms with van der Waals surface area (Å²) in [4.78, 5) is 21.1. The normalized spacial score (nSPS) is 18.0.